The number of hydrogen-bond acceptors (Lipinski definition) is 3. The van der Waals surface area contributed by atoms with Gasteiger partial charge in [-0.2, -0.15) is 0 Å². The van der Waals surface area contributed by atoms with Crippen LogP contribution in [-0.2, 0) is 4.74 Å². The average Bonchev–Trinajstić information content (AvgIpc) is 2.15. The Labute approximate surface area is 97.3 Å². The SMILES string of the molecule is CC(C)(C)OC(=O)N1CC2CCC1(C)CN2. The van der Waals surface area contributed by atoms with Crippen LogP contribution in [0.2, 0.25) is 0 Å². The fourth-order valence-corrected chi connectivity index (χ4v) is 2.48. The fraction of sp³-hybridized carbons (Fsp3) is 0.917. The first-order valence-electron chi connectivity index (χ1n) is 6.04. The highest BCUT2D eigenvalue weighted by atomic mass is 16.6. The molecule has 0 saturated carbocycles. The van der Waals surface area contributed by atoms with Gasteiger partial charge in [0.2, 0.25) is 0 Å². The van der Waals surface area contributed by atoms with Crippen LogP contribution in [0.4, 0.5) is 4.79 Å². The minimum absolute atomic E-state index is 0.0584. The summed E-state index contributed by atoms with van der Waals surface area (Å²) in [6.07, 6.45) is 2.07. The monoisotopic (exact) mass is 226 g/mol. The molecule has 0 aromatic heterocycles. The van der Waals surface area contributed by atoms with Crippen molar-refractivity contribution in [3.8, 4) is 0 Å². The lowest BCUT2D eigenvalue weighted by molar-refractivity contribution is -0.0334. The van der Waals surface area contributed by atoms with E-state index in [0.29, 0.717) is 6.04 Å². The highest BCUT2D eigenvalue weighted by Gasteiger charge is 2.46. The number of nitrogens with zero attached hydrogens (tertiary/aromatic N) is 1. The van der Waals surface area contributed by atoms with Crippen LogP contribution in [0, 0.1) is 0 Å². The molecule has 3 rings (SSSR count). The Hall–Kier alpha value is -0.770. The zero-order valence-corrected chi connectivity index (χ0v) is 10.7. The third-order valence-electron chi connectivity index (χ3n) is 3.47. The molecule has 2 unspecified atom stereocenters. The Morgan fingerprint density at radius 3 is 2.62 bits per heavy atom. The molecule has 2 bridgehead atoms. The van der Waals surface area contributed by atoms with Crippen LogP contribution in [0.1, 0.15) is 40.5 Å². The molecule has 2 atom stereocenters. The lowest BCUT2D eigenvalue weighted by Gasteiger charge is -2.52. The van der Waals surface area contributed by atoms with Gasteiger partial charge >= 0.3 is 6.09 Å². The van der Waals surface area contributed by atoms with Crippen LogP contribution in [-0.4, -0.2) is 41.3 Å². The Morgan fingerprint density at radius 2 is 2.19 bits per heavy atom. The normalized spacial score (nSPS) is 34.0. The van der Waals surface area contributed by atoms with E-state index in [2.05, 4.69) is 12.2 Å². The molecule has 0 spiro atoms. The van der Waals surface area contributed by atoms with Crippen molar-refractivity contribution in [2.24, 2.45) is 0 Å². The van der Waals surface area contributed by atoms with Gasteiger partial charge in [-0.25, -0.2) is 4.79 Å². The van der Waals surface area contributed by atoms with E-state index >= 15 is 0 Å². The summed E-state index contributed by atoms with van der Waals surface area (Å²) in [4.78, 5) is 14.0. The molecule has 0 radical (unpaired) electrons. The summed E-state index contributed by atoms with van der Waals surface area (Å²) in [5, 5.41) is 3.46. The molecule has 4 heteroatoms. The van der Waals surface area contributed by atoms with Gasteiger partial charge in [0, 0.05) is 19.1 Å². The van der Waals surface area contributed by atoms with E-state index in [1.54, 1.807) is 0 Å². The Kier molecular flexibility index (Phi) is 2.65. The summed E-state index contributed by atoms with van der Waals surface area (Å²) >= 11 is 0. The maximum absolute atomic E-state index is 12.1. The summed E-state index contributed by atoms with van der Waals surface area (Å²) < 4.78 is 5.45. The van der Waals surface area contributed by atoms with Crippen molar-refractivity contribution in [1.82, 2.24) is 10.2 Å². The molecule has 3 fully saturated rings. The van der Waals surface area contributed by atoms with E-state index in [1.807, 2.05) is 25.7 Å². The molecule has 1 amide bonds. The number of hydrogen-bond donors (Lipinski definition) is 1. The molecule has 0 aromatic rings. The molecular formula is C12H22N2O2. The maximum atomic E-state index is 12.1. The van der Waals surface area contributed by atoms with E-state index in [9.17, 15) is 4.79 Å². The first-order valence-corrected chi connectivity index (χ1v) is 6.04. The maximum Gasteiger partial charge on any atom is 0.410 e. The number of piperidine rings is 2. The van der Waals surface area contributed by atoms with E-state index < -0.39 is 5.60 Å². The lowest BCUT2D eigenvalue weighted by Crippen LogP contribution is -2.69. The molecule has 92 valence electrons. The van der Waals surface area contributed by atoms with Gasteiger partial charge in [-0.1, -0.05) is 0 Å². The third-order valence-corrected chi connectivity index (χ3v) is 3.47. The molecule has 3 aliphatic heterocycles. The van der Waals surface area contributed by atoms with Gasteiger partial charge in [0.05, 0.1) is 5.54 Å². The summed E-state index contributed by atoms with van der Waals surface area (Å²) in [5.41, 5.74) is -0.464. The minimum Gasteiger partial charge on any atom is -0.444 e. The zero-order chi connectivity index (χ0) is 12.0. The van der Waals surface area contributed by atoms with Crippen molar-refractivity contribution in [1.29, 1.82) is 0 Å². The second kappa shape index (κ2) is 3.62. The molecule has 3 aliphatic rings. The van der Waals surface area contributed by atoms with Crippen molar-refractivity contribution < 1.29 is 9.53 Å². The summed E-state index contributed by atoms with van der Waals surface area (Å²) in [5.74, 6) is 0. The number of ether oxygens (including phenoxy) is 1. The van der Waals surface area contributed by atoms with Crippen molar-refractivity contribution in [3.63, 3.8) is 0 Å². The van der Waals surface area contributed by atoms with Crippen LogP contribution in [0.5, 0.6) is 0 Å². The van der Waals surface area contributed by atoms with Gasteiger partial charge in [0.25, 0.3) is 0 Å². The molecule has 0 aliphatic carbocycles. The van der Waals surface area contributed by atoms with E-state index in [1.165, 1.54) is 0 Å². The molecule has 3 heterocycles. The van der Waals surface area contributed by atoms with Gasteiger partial charge in [0.1, 0.15) is 5.60 Å². The summed E-state index contributed by atoms with van der Waals surface area (Å²) in [6, 6.07) is 0.453. The van der Waals surface area contributed by atoms with E-state index in [4.69, 9.17) is 4.74 Å². The minimum atomic E-state index is -0.405. The molecule has 3 saturated heterocycles. The predicted octanol–water partition coefficient (Wildman–Crippen LogP) is 1.75. The van der Waals surface area contributed by atoms with Crippen molar-refractivity contribution >= 4 is 6.09 Å². The topological polar surface area (TPSA) is 41.6 Å². The van der Waals surface area contributed by atoms with E-state index in [0.717, 1.165) is 25.9 Å². The second-order valence-corrected chi connectivity index (χ2v) is 6.20. The zero-order valence-electron chi connectivity index (χ0n) is 10.7. The van der Waals surface area contributed by atoms with Gasteiger partial charge < -0.3 is 10.1 Å². The van der Waals surface area contributed by atoms with Gasteiger partial charge in [0.15, 0.2) is 0 Å². The lowest BCUT2D eigenvalue weighted by atomic mass is 9.82. The van der Waals surface area contributed by atoms with Crippen molar-refractivity contribution in [2.75, 3.05) is 13.1 Å². The highest BCUT2D eigenvalue weighted by molar-refractivity contribution is 5.69. The first kappa shape index (κ1) is 11.7. The quantitative estimate of drug-likeness (QED) is 0.684. The van der Waals surface area contributed by atoms with Crippen molar-refractivity contribution in [2.45, 2.75) is 57.7 Å². The largest absolute Gasteiger partial charge is 0.444 e. The van der Waals surface area contributed by atoms with Gasteiger partial charge in [-0.05, 0) is 40.5 Å². The third kappa shape index (κ3) is 2.17. The van der Waals surface area contributed by atoms with Crippen LogP contribution >= 0.6 is 0 Å². The van der Waals surface area contributed by atoms with Crippen LogP contribution in [0.15, 0.2) is 0 Å². The number of carbonyl (C=O) groups is 1. The fourth-order valence-electron chi connectivity index (χ4n) is 2.48. The Morgan fingerprint density at radius 1 is 1.50 bits per heavy atom. The molecule has 0 aromatic carbocycles. The second-order valence-electron chi connectivity index (χ2n) is 6.20. The van der Waals surface area contributed by atoms with E-state index in [-0.39, 0.29) is 11.6 Å². The summed E-state index contributed by atoms with van der Waals surface area (Å²) in [7, 11) is 0. The molecule has 1 N–H and O–H groups in total. The Bertz CT molecular complexity index is 288. The van der Waals surface area contributed by atoms with Gasteiger partial charge in [-0.3, -0.25) is 4.90 Å². The molecule has 16 heavy (non-hydrogen) atoms. The standard InChI is InChI=1S/C12H22N2O2/c1-11(2,3)16-10(15)14-7-9-5-6-12(14,4)8-13-9/h9,13H,5-8H2,1-4H3. The Balaban J connectivity index is 2.07. The van der Waals surface area contributed by atoms with Gasteiger partial charge in [-0.15, -0.1) is 0 Å². The molecular weight excluding hydrogens is 204 g/mol. The smallest absolute Gasteiger partial charge is 0.410 e. The molecule has 4 nitrogen and oxygen atoms in total. The summed E-state index contributed by atoms with van der Waals surface area (Å²) in [6.45, 7) is 9.54. The number of carbonyl (C=O) groups excluding carboxylic acids is 1. The van der Waals surface area contributed by atoms with Crippen LogP contribution in [0.25, 0.3) is 0 Å². The average molecular weight is 226 g/mol. The van der Waals surface area contributed by atoms with Crippen LogP contribution < -0.4 is 5.32 Å². The number of piperazine rings is 1. The predicted molar refractivity (Wildman–Crippen MR) is 62.4 cm³/mol. The van der Waals surface area contributed by atoms with Crippen LogP contribution in [0.3, 0.4) is 0 Å². The first-order chi connectivity index (χ1) is 7.30. The number of amides is 1. The highest BCUT2D eigenvalue weighted by Crippen LogP contribution is 2.33. The number of rotatable bonds is 0. The number of fused-ring (bicyclic) bond motifs is 3. The number of nitrogens with one attached hydrogen (secondary N) is 1. The van der Waals surface area contributed by atoms with Crippen molar-refractivity contribution in [3.05, 3.63) is 0 Å².